The first-order chi connectivity index (χ1) is 11.2. The van der Waals surface area contributed by atoms with Crippen molar-refractivity contribution in [2.45, 2.75) is 12.0 Å². The Hall–Kier alpha value is -2.65. The van der Waals surface area contributed by atoms with Gasteiger partial charge in [-0.3, -0.25) is 4.79 Å². The first-order valence-corrected chi connectivity index (χ1v) is 7.65. The van der Waals surface area contributed by atoms with Gasteiger partial charge in [-0.2, -0.15) is 0 Å². The van der Waals surface area contributed by atoms with E-state index in [1.807, 2.05) is 66.7 Å². The van der Waals surface area contributed by atoms with Gasteiger partial charge in [-0.25, -0.2) is 0 Å². The van der Waals surface area contributed by atoms with E-state index in [0.29, 0.717) is 6.54 Å². The molecule has 1 heterocycles. The minimum atomic E-state index is -1.08. The molecule has 0 saturated carbocycles. The summed E-state index contributed by atoms with van der Waals surface area (Å²) < 4.78 is 0. The molecule has 0 spiro atoms. The van der Waals surface area contributed by atoms with E-state index in [1.54, 1.807) is 11.0 Å². The Bertz CT molecular complexity index is 722. The Labute approximate surface area is 136 Å². The van der Waals surface area contributed by atoms with Crippen LogP contribution in [0.2, 0.25) is 0 Å². The summed E-state index contributed by atoms with van der Waals surface area (Å²) in [6.45, 7) is 4.09. The molecule has 1 amide bonds. The van der Waals surface area contributed by atoms with Crippen LogP contribution in [0.15, 0.2) is 79.4 Å². The quantitative estimate of drug-likeness (QED) is 0.881. The first-order valence-electron chi connectivity index (χ1n) is 7.65. The van der Waals surface area contributed by atoms with E-state index in [4.69, 9.17) is 0 Å². The molecule has 3 rings (SSSR count). The van der Waals surface area contributed by atoms with Crippen LogP contribution in [-0.4, -0.2) is 28.6 Å². The molecule has 0 unspecified atom stereocenters. The number of aliphatic hydroxyl groups is 1. The molecule has 0 fully saturated rings. The Kier molecular flexibility index (Phi) is 4.40. The van der Waals surface area contributed by atoms with Crippen molar-refractivity contribution in [3.63, 3.8) is 0 Å². The lowest BCUT2D eigenvalue weighted by molar-refractivity contribution is -0.137. The van der Waals surface area contributed by atoms with Crippen molar-refractivity contribution in [3.05, 3.63) is 90.5 Å². The van der Waals surface area contributed by atoms with Crippen molar-refractivity contribution >= 4 is 11.6 Å². The molecule has 0 aromatic heterocycles. The number of aliphatic hydroxyl groups excluding tert-OH is 1. The second-order valence-electron chi connectivity index (χ2n) is 5.54. The van der Waals surface area contributed by atoms with Crippen LogP contribution in [0.25, 0.3) is 5.70 Å². The summed E-state index contributed by atoms with van der Waals surface area (Å²) in [6.07, 6.45) is 2.56. The highest BCUT2D eigenvalue weighted by Crippen LogP contribution is 2.34. The molecule has 2 atom stereocenters. The zero-order valence-corrected chi connectivity index (χ0v) is 12.8. The van der Waals surface area contributed by atoms with Crippen LogP contribution in [0.4, 0.5) is 0 Å². The zero-order chi connectivity index (χ0) is 16.2. The molecule has 3 heteroatoms. The monoisotopic (exact) mass is 305 g/mol. The molecule has 0 bridgehead atoms. The minimum Gasteiger partial charge on any atom is -0.382 e. The second-order valence-corrected chi connectivity index (χ2v) is 5.54. The van der Waals surface area contributed by atoms with E-state index in [0.717, 1.165) is 16.8 Å². The van der Waals surface area contributed by atoms with Gasteiger partial charge in [0.05, 0.1) is 0 Å². The highest BCUT2D eigenvalue weighted by atomic mass is 16.3. The van der Waals surface area contributed by atoms with Crippen LogP contribution in [0.1, 0.15) is 17.0 Å². The van der Waals surface area contributed by atoms with Gasteiger partial charge in [-0.1, -0.05) is 66.7 Å². The number of rotatable bonds is 4. The van der Waals surface area contributed by atoms with Gasteiger partial charge in [-0.05, 0) is 17.2 Å². The van der Waals surface area contributed by atoms with Crippen molar-refractivity contribution in [2.24, 2.45) is 0 Å². The van der Waals surface area contributed by atoms with Crippen LogP contribution in [0.5, 0.6) is 0 Å². The highest BCUT2D eigenvalue weighted by Gasteiger charge is 2.36. The SMILES string of the molecule is C=CCN1C(=O)[C@@H](O)[C@H](c2ccccc2)C=C1c1ccccc1. The lowest BCUT2D eigenvalue weighted by Gasteiger charge is -2.35. The third-order valence-corrected chi connectivity index (χ3v) is 4.05. The highest BCUT2D eigenvalue weighted by molar-refractivity contribution is 5.93. The Balaban J connectivity index is 2.10. The topological polar surface area (TPSA) is 40.5 Å². The molecular weight excluding hydrogens is 286 g/mol. The van der Waals surface area contributed by atoms with Gasteiger partial charge in [0.1, 0.15) is 6.10 Å². The number of amides is 1. The van der Waals surface area contributed by atoms with E-state index < -0.39 is 6.10 Å². The fourth-order valence-corrected chi connectivity index (χ4v) is 2.92. The number of hydrogen-bond donors (Lipinski definition) is 1. The molecule has 0 saturated heterocycles. The molecule has 1 N–H and O–H groups in total. The molecule has 1 aliphatic heterocycles. The summed E-state index contributed by atoms with van der Waals surface area (Å²) in [6, 6.07) is 19.4. The number of carbonyl (C=O) groups excluding carboxylic acids is 1. The summed E-state index contributed by atoms with van der Waals surface area (Å²) >= 11 is 0. The lowest BCUT2D eigenvalue weighted by atomic mass is 9.87. The van der Waals surface area contributed by atoms with Crippen molar-refractivity contribution in [1.29, 1.82) is 0 Å². The Morgan fingerprint density at radius 2 is 1.65 bits per heavy atom. The third-order valence-electron chi connectivity index (χ3n) is 4.05. The van der Waals surface area contributed by atoms with E-state index in [2.05, 4.69) is 6.58 Å². The lowest BCUT2D eigenvalue weighted by Crippen LogP contribution is -2.44. The van der Waals surface area contributed by atoms with Crippen molar-refractivity contribution < 1.29 is 9.90 Å². The minimum absolute atomic E-state index is 0.292. The molecular formula is C20H19NO2. The normalized spacial score (nSPS) is 21.0. The van der Waals surface area contributed by atoms with E-state index in [9.17, 15) is 9.90 Å². The number of benzene rings is 2. The average molecular weight is 305 g/mol. The summed E-state index contributed by atoms with van der Waals surface area (Å²) in [4.78, 5) is 14.3. The van der Waals surface area contributed by atoms with Crippen LogP contribution in [0.3, 0.4) is 0 Å². The van der Waals surface area contributed by atoms with Crippen LogP contribution in [0, 0.1) is 0 Å². The van der Waals surface area contributed by atoms with Crippen LogP contribution in [-0.2, 0) is 4.79 Å². The molecule has 23 heavy (non-hydrogen) atoms. The van der Waals surface area contributed by atoms with Crippen LogP contribution < -0.4 is 0 Å². The molecule has 0 radical (unpaired) electrons. The largest absolute Gasteiger partial charge is 0.382 e. The number of hydrogen-bond acceptors (Lipinski definition) is 2. The average Bonchev–Trinajstić information content (AvgIpc) is 2.61. The standard InChI is InChI=1S/C20H19NO2/c1-2-13-21-18(16-11-7-4-8-12-16)14-17(19(22)20(21)23)15-9-5-3-6-10-15/h2-12,14,17,19,22H,1,13H2/t17-,19-/m0/s1. The van der Waals surface area contributed by atoms with Gasteiger partial charge >= 0.3 is 0 Å². The van der Waals surface area contributed by atoms with Crippen molar-refractivity contribution in [3.8, 4) is 0 Å². The van der Waals surface area contributed by atoms with E-state index in [1.165, 1.54) is 0 Å². The number of nitrogens with zero attached hydrogens (tertiary/aromatic N) is 1. The van der Waals surface area contributed by atoms with Gasteiger partial charge in [0.15, 0.2) is 0 Å². The van der Waals surface area contributed by atoms with Crippen molar-refractivity contribution in [1.82, 2.24) is 4.90 Å². The second kappa shape index (κ2) is 6.63. The summed E-state index contributed by atoms with van der Waals surface area (Å²) in [5, 5.41) is 10.5. The fraction of sp³-hybridized carbons (Fsp3) is 0.150. The smallest absolute Gasteiger partial charge is 0.257 e. The van der Waals surface area contributed by atoms with Gasteiger partial charge < -0.3 is 10.0 Å². The Morgan fingerprint density at radius 3 is 2.26 bits per heavy atom. The Morgan fingerprint density at radius 1 is 1.04 bits per heavy atom. The maximum absolute atomic E-state index is 12.7. The van der Waals surface area contributed by atoms with Crippen molar-refractivity contribution in [2.75, 3.05) is 6.54 Å². The third kappa shape index (κ3) is 2.96. The van der Waals surface area contributed by atoms with Gasteiger partial charge in [0.2, 0.25) is 0 Å². The molecule has 1 aliphatic rings. The fourth-order valence-electron chi connectivity index (χ4n) is 2.92. The maximum atomic E-state index is 12.7. The first kappa shape index (κ1) is 15.3. The zero-order valence-electron chi connectivity index (χ0n) is 12.8. The van der Waals surface area contributed by atoms with Gasteiger partial charge in [-0.15, -0.1) is 6.58 Å². The molecule has 3 nitrogen and oxygen atoms in total. The van der Waals surface area contributed by atoms with Crippen LogP contribution >= 0.6 is 0 Å². The molecule has 116 valence electrons. The molecule has 0 aliphatic carbocycles. The van der Waals surface area contributed by atoms with E-state index in [-0.39, 0.29) is 11.8 Å². The van der Waals surface area contributed by atoms with Gasteiger partial charge in [0.25, 0.3) is 5.91 Å². The summed E-state index contributed by atoms with van der Waals surface area (Å²) in [5.41, 5.74) is 2.70. The summed E-state index contributed by atoms with van der Waals surface area (Å²) in [7, 11) is 0. The molecule has 2 aromatic carbocycles. The summed E-state index contributed by atoms with van der Waals surface area (Å²) in [5.74, 6) is -0.639. The van der Waals surface area contributed by atoms with Gasteiger partial charge in [0, 0.05) is 18.2 Å². The predicted octanol–water partition coefficient (Wildman–Crippen LogP) is 3.20. The maximum Gasteiger partial charge on any atom is 0.257 e. The van der Waals surface area contributed by atoms with E-state index >= 15 is 0 Å². The molecule has 2 aromatic rings. The number of carbonyl (C=O) groups is 1. The predicted molar refractivity (Wildman–Crippen MR) is 91.5 cm³/mol.